The number of nitrogens with zero attached hydrogens (tertiary/aromatic N) is 2. The highest BCUT2D eigenvalue weighted by Crippen LogP contribution is 2.34. The Labute approximate surface area is 152 Å². The largest absolute Gasteiger partial charge is 0.467 e. The molecule has 0 radical (unpaired) electrons. The lowest BCUT2D eigenvalue weighted by Gasteiger charge is -2.18. The number of anilines is 1. The van der Waals surface area contributed by atoms with Crippen molar-refractivity contribution in [3.8, 4) is 0 Å². The van der Waals surface area contributed by atoms with E-state index in [-0.39, 0.29) is 31.0 Å². The molecule has 26 heavy (non-hydrogen) atoms. The van der Waals surface area contributed by atoms with Crippen molar-refractivity contribution in [2.24, 2.45) is 0 Å². The lowest BCUT2D eigenvalue weighted by molar-refractivity contribution is -0.149. The summed E-state index contributed by atoms with van der Waals surface area (Å²) in [5.74, 6) is 0.759. The van der Waals surface area contributed by atoms with E-state index in [9.17, 15) is 4.79 Å². The topological polar surface area (TPSA) is 91.8 Å². The van der Waals surface area contributed by atoms with Gasteiger partial charge in [-0.2, -0.15) is 0 Å². The van der Waals surface area contributed by atoms with Crippen LogP contribution in [0.3, 0.4) is 0 Å². The Morgan fingerprint density at radius 1 is 1.27 bits per heavy atom. The maximum Gasteiger partial charge on any atom is 0.331 e. The highest BCUT2D eigenvalue weighted by atomic mass is 16.6. The number of ether oxygens (including phenoxy) is 4. The minimum atomic E-state index is -0.404. The summed E-state index contributed by atoms with van der Waals surface area (Å²) >= 11 is 0. The Balaban J connectivity index is 1.35. The van der Waals surface area contributed by atoms with Crippen molar-refractivity contribution in [3.05, 3.63) is 18.0 Å². The molecule has 0 spiro atoms. The third-order valence-electron chi connectivity index (χ3n) is 5.42. The zero-order chi connectivity index (χ0) is 17.9. The molecule has 3 fully saturated rings. The van der Waals surface area contributed by atoms with Crippen LogP contribution in [0.1, 0.15) is 37.3 Å². The van der Waals surface area contributed by atoms with Crippen LogP contribution in [0, 0.1) is 0 Å². The van der Waals surface area contributed by atoms with E-state index in [0.717, 1.165) is 5.69 Å². The van der Waals surface area contributed by atoms with Gasteiger partial charge in [0.05, 0.1) is 26.4 Å². The molecular formula is C18H25N3O5. The molecule has 0 amide bonds. The molecule has 4 rings (SSSR count). The number of carbonyl (C=O) groups is 1. The van der Waals surface area contributed by atoms with E-state index in [1.54, 1.807) is 0 Å². The first kappa shape index (κ1) is 17.6. The van der Waals surface area contributed by atoms with E-state index in [4.69, 9.17) is 19.2 Å². The van der Waals surface area contributed by atoms with Crippen LogP contribution in [0.25, 0.3) is 0 Å². The van der Waals surface area contributed by atoms with Gasteiger partial charge in [0, 0.05) is 17.8 Å². The SMILES string of the molecule is COC(=O)CO[C@@H]1CO[C@H]2[C@@H]1OC[C@@H]2Nc1nccc(C2CCCC2)n1. The first-order valence-corrected chi connectivity index (χ1v) is 9.25. The van der Waals surface area contributed by atoms with Crippen molar-refractivity contribution in [1.29, 1.82) is 0 Å². The Morgan fingerprint density at radius 3 is 2.88 bits per heavy atom. The van der Waals surface area contributed by atoms with Crippen molar-refractivity contribution in [1.82, 2.24) is 9.97 Å². The van der Waals surface area contributed by atoms with E-state index in [2.05, 4.69) is 15.0 Å². The van der Waals surface area contributed by atoms with E-state index in [0.29, 0.717) is 25.1 Å². The normalized spacial score (nSPS) is 31.1. The third kappa shape index (κ3) is 3.67. The summed E-state index contributed by atoms with van der Waals surface area (Å²) in [6.07, 6.45) is 6.17. The first-order chi connectivity index (χ1) is 12.7. The number of methoxy groups -OCH3 is 1. The van der Waals surface area contributed by atoms with Crippen molar-refractivity contribution in [3.63, 3.8) is 0 Å². The summed E-state index contributed by atoms with van der Waals surface area (Å²) in [7, 11) is 1.34. The lowest BCUT2D eigenvalue weighted by Crippen LogP contribution is -2.37. The zero-order valence-electron chi connectivity index (χ0n) is 14.9. The number of rotatable bonds is 6. The molecule has 1 N–H and O–H groups in total. The van der Waals surface area contributed by atoms with Crippen LogP contribution >= 0.6 is 0 Å². The van der Waals surface area contributed by atoms with Crippen molar-refractivity contribution >= 4 is 11.9 Å². The Kier molecular flexibility index (Phi) is 5.33. The molecular weight excluding hydrogens is 338 g/mol. The average molecular weight is 363 g/mol. The fourth-order valence-corrected chi connectivity index (χ4v) is 4.02. The van der Waals surface area contributed by atoms with Crippen LogP contribution in [-0.4, -0.2) is 67.2 Å². The van der Waals surface area contributed by atoms with Crippen molar-refractivity contribution in [2.75, 3.05) is 32.2 Å². The van der Waals surface area contributed by atoms with Crippen LogP contribution in [0.4, 0.5) is 5.95 Å². The molecule has 1 saturated carbocycles. The van der Waals surface area contributed by atoms with Gasteiger partial charge in [-0.15, -0.1) is 0 Å². The number of hydrogen-bond acceptors (Lipinski definition) is 8. The van der Waals surface area contributed by atoms with Crippen molar-refractivity contribution < 1.29 is 23.7 Å². The van der Waals surface area contributed by atoms with Gasteiger partial charge in [-0.25, -0.2) is 14.8 Å². The van der Waals surface area contributed by atoms with Gasteiger partial charge in [-0.05, 0) is 18.9 Å². The summed E-state index contributed by atoms with van der Waals surface area (Å²) in [4.78, 5) is 20.3. The number of nitrogens with one attached hydrogen (secondary N) is 1. The molecule has 3 aliphatic rings. The van der Waals surface area contributed by atoms with E-state index in [1.165, 1.54) is 32.8 Å². The maximum atomic E-state index is 11.2. The zero-order valence-corrected chi connectivity index (χ0v) is 14.9. The van der Waals surface area contributed by atoms with Gasteiger partial charge in [0.15, 0.2) is 0 Å². The van der Waals surface area contributed by atoms with E-state index in [1.807, 2.05) is 12.3 Å². The van der Waals surface area contributed by atoms with Crippen LogP contribution in [0.15, 0.2) is 12.3 Å². The second kappa shape index (κ2) is 7.85. The van der Waals surface area contributed by atoms with Gasteiger partial charge in [-0.1, -0.05) is 12.8 Å². The minimum Gasteiger partial charge on any atom is -0.467 e. The van der Waals surface area contributed by atoms with Crippen LogP contribution < -0.4 is 5.32 Å². The molecule has 2 aliphatic heterocycles. The van der Waals surface area contributed by atoms with E-state index < -0.39 is 5.97 Å². The first-order valence-electron chi connectivity index (χ1n) is 9.25. The second-order valence-electron chi connectivity index (χ2n) is 7.06. The number of carbonyl (C=O) groups excluding carboxylic acids is 1. The molecule has 142 valence electrons. The molecule has 8 nitrogen and oxygen atoms in total. The van der Waals surface area contributed by atoms with Gasteiger partial charge in [0.25, 0.3) is 0 Å². The Bertz CT molecular complexity index is 637. The van der Waals surface area contributed by atoms with Crippen LogP contribution in [0.5, 0.6) is 0 Å². The van der Waals surface area contributed by atoms with Gasteiger partial charge >= 0.3 is 5.97 Å². The summed E-state index contributed by atoms with van der Waals surface area (Å²) in [6.45, 7) is 0.791. The number of fused-ring (bicyclic) bond motifs is 1. The number of aromatic nitrogens is 2. The second-order valence-corrected chi connectivity index (χ2v) is 7.06. The molecule has 3 heterocycles. The smallest absolute Gasteiger partial charge is 0.331 e. The monoisotopic (exact) mass is 363 g/mol. The fraction of sp³-hybridized carbons (Fsp3) is 0.722. The van der Waals surface area contributed by atoms with Gasteiger partial charge in [-0.3, -0.25) is 0 Å². The molecule has 0 aromatic carbocycles. The predicted octanol–water partition coefficient (Wildman–Crippen LogP) is 1.27. The number of hydrogen-bond donors (Lipinski definition) is 1. The lowest BCUT2D eigenvalue weighted by atomic mass is 10.0. The average Bonchev–Trinajstić information content (AvgIpc) is 3.39. The summed E-state index contributed by atoms with van der Waals surface area (Å²) < 4.78 is 21.9. The molecule has 1 aromatic heterocycles. The fourth-order valence-electron chi connectivity index (χ4n) is 4.02. The molecule has 0 unspecified atom stereocenters. The summed E-state index contributed by atoms with van der Waals surface area (Å²) in [5.41, 5.74) is 1.11. The van der Waals surface area contributed by atoms with Crippen LogP contribution in [-0.2, 0) is 23.7 Å². The third-order valence-corrected chi connectivity index (χ3v) is 5.42. The van der Waals surface area contributed by atoms with E-state index >= 15 is 0 Å². The highest BCUT2D eigenvalue weighted by molar-refractivity contribution is 5.70. The Hall–Kier alpha value is -1.77. The molecule has 2 saturated heterocycles. The molecule has 1 aliphatic carbocycles. The summed E-state index contributed by atoms with van der Waals surface area (Å²) in [6, 6.07) is 1.98. The van der Waals surface area contributed by atoms with Gasteiger partial charge < -0.3 is 24.3 Å². The van der Waals surface area contributed by atoms with Crippen molar-refractivity contribution in [2.45, 2.75) is 56.0 Å². The maximum absolute atomic E-state index is 11.2. The van der Waals surface area contributed by atoms with Gasteiger partial charge in [0.2, 0.25) is 5.95 Å². The quantitative estimate of drug-likeness (QED) is 0.756. The molecule has 4 atom stereocenters. The Morgan fingerprint density at radius 2 is 2.08 bits per heavy atom. The standard InChI is InChI=1S/C18H25N3O5/c1-23-15(22)10-24-14-9-26-16-13(8-25-17(14)16)21-18-19-7-6-12(20-18)11-4-2-3-5-11/h6-7,11,13-14,16-17H,2-5,8-10H2,1H3,(H,19,20,21)/t13-,14+,16+,17+/m0/s1. The molecule has 0 bridgehead atoms. The van der Waals surface area contributed by atoms with Crippen LogP contribution in [0.2, 0.25) is 0 Å². The molecule has 1 aromatic rings. The predicted molar refractivity (Wildman–Crippen MR) is 91.9 cm³/mol. The summed E-state index contributed by atoms with van der Waals surface area (Å²) in [5, 5.41) is 3.35. The minimum absolute atomic E-state index is 0.0365. The highest BCUT2D eigenvalue weighted by Gasteiger charge is 2.48. The molecule has 8 heteroatoms. The van der Waals surface area contributed by atoms with Gasteiger partial charge in [0.1, 0.15) is 24.9 Å². The number of esters is 1.